The van der Waals surface area contributed by atoms with Crippen LogP contribution in [0.3, 0.4) is 0 Å². The Kier molecular flexibility index (Phi) is 3.58. The number of hydrogen-bond acceptors (Lipinski definition) is 4. The van der Waals surface area contributed by atoms with E-state index in [0.717, 1.165) is 33.9 Å². The summed E-state index contributed by atoms with van der Waals surface area (Å²) in [7, 11) is 0. The number of anilines is 1. The lowest BCUT2D eigenvalue weighted by molar-refractivity contribution is 0.919. The van der Waals surface area contributed by atoms with Crippen LogP contribution in [0.25, 0.3) is 10.6 Å². The van der Waals surface area contributed by atoms with Crippen molar-refractivity contribution in [3.8, 4) is 10.6 Å². The van der Waals surface area contributed by atoms with Crippen LogP contribution < -0.4 is 5.32 Å². The summed E-state index contributed by atoms with van der Waals surface area (Å²) in [5.74, 6) is 2.54. The number of halogens is 1. The Labute approximate surface area is 125 Å². The molecule has 0 unspecified atom stereocenters. The maximum absolute atomic E-state index is 4.81. The van der Waals surface area contributed by atoms with Crippen molar-refractivity contribution in [1.82, 2.24) is 9.97 Å². The summed E-state index contributed by atoms with van der Waals surface area (Å²) >= 11 is 5.33. The van der Waals surface area contributed by atoms with Gasteiger partial charge in [0.05, 0.1) is 10.6 Å². The SMILES string of the molecule is CCNc1nc(C2CC2)nc(-c2sccc2Br)c1C. The van der Waals surface area contributed by atoms with E-state index < -0.39 is 0 Å². The third kappa shape index (κ3) is 2.54. The summed E-state index contributed by atoms with van der Waals surface area (Å²) < 4.78 is 1.11. The fourth-order valence-corrected chi connectivity index (χ4v) is 3.69. The monoisotopic (exact) mass is 337 g/mol. The second kappa shape index (κ2) is 5.21. The first-order valence-electron chi connectivity index (χ1n) is 6.56. The molecule has 0 saturated heterocycles. The Hall–Kier alpha value is -0.940. The molecule has 0 atom stereocenters. The molecule has 2 heterocycles. The van der Waals surface area contributed by atoms with Crippen molar-refractivity contribution < 1.29 is 0 Å². The van der Waals surface area contributed by atoms with Crippen LogP contribution in [0.5, 0.6) is 0 Å². The lowest BCUT2D eigenvalue weighted by Gasteiger charge is -2.12. The fraction of sp³-hybridized carbons (Fsp3) is 0.429. The topological polar surface area (TPSA) is 37.8 Å². The van der Waals surface area contributed by atoms with Crippen LogP contribution in [0.4, 0.5) is 5.82 Å². The number of nitrogens with one attached hydrogen (secondary N) is 1. The Morgan fingerprint density at radius 3 is 2.79 bits per heavy atom. The first kappa shape index (κ1) is 13.1. The van der Waals surface area contributed by atoms with E-state index in [1.807, 2.05) is 0 Å². The quantitative estimate of drug-likeness (QED) is 0.886. The first-order chi connectivity index (χ1) is 9.20. The van der Waals surface area contributed by atoms with Crippen LogP contribution in [-0.2, 0) is 0 Å². The second-order valence-electron chi connectivity index (χ2n) is 4.81. The van der Waals surface area contributed by atoms with Crippen LogP contribution in [0.2, 0.25) is 0 Å². The minimum absolute atomic E-state index is 0.565. The van der Waals surface area contributed by atoms with Gasteiger partial charge >= 0.3 is 0 Å². The van der Waals surface area contributed by atoms with Crippen LogP contribution in [0, 0.1) is 6.92 Å². The molecule has 1 aliphatic rings. The largest absolute Gasteiger partial charge is 0.370 e. The summed E-state index contributed by atoms with van der Waals surface area (Å²) in [4.78, 5) is 10.7. The lowest BCUT2D eigenvalue weighted by Crippen LogP contribution is -2.07. The van der Waals surface area contributed by atoms with Crippen molar-refractivity contribution in [2.45, 2.75) is 32.6 Å². The van der Waals surface area contributed by atoms with Crippen LogP contribution in [0.15, 0.2) is 15.9 Å². The Bertz CT molecular complexity index is 605. The second-order valence-corrected chi connectivity index (χ2v) is 6.58. The normalized spacial score (nSPS) is 14.7. The maximum atomic E-state index is 4.81. The molecule has 0 aliphatic heterocycles. The van der Waals surface area contributed by atoms with Gasteiger partial charge in [0.25, 0.3) is 0 Å². The van der Waals surface area contributed by atoms with E-state index in [2.05, 4.69) is 46.5 Å². The van der Waals surface area contributed by atoms with Crippen molar-refractivity contribution in [2.24, 2.45) is 0 Å². The van der Waals surface area contributed by atoms with E-state index in [1.54, 1.807) is 11.3 Å². The van der Waals surface area contributed by atoms with Gasteiger partial charge in [0.2, 0.25) is 0 Å². The summed E-state index contributed by atoms with van der Waals surface area (Å²) in [5.41, 5.74) is 2.20. The van der Waals surface area contributed by atoms with E-state index in [1.165, 1.54) is 17.7 Å². The predicted molar refractivity (Wildman–Crippen MR) is 83.9 cm³/mol. The van der Waals surface area contributed by atoms with Gasteiger partial charge in [-0.3, -0.25) is 0 Å². The molecular weight excluding hydrogens is 322 g/mol. The molecule has 5 heteroatoms. The van der Waals surface area contributed by atoms with Crippen molar-refractivity contribution in [3.63, 3.8) is 0 Å². The highest BCUT2D eigenvalue weighted by Gasteiger charge is 2.28. The molecule has 3 rings (SSSR count). The third-order valence-corrected chi connectivity index (χ3v) is 5.13. The maximum Gasteiger partial charge on any atom is 0.134 e. The van der Waals surface area contributed by atoms with Gasteiger partial charge in [-0.1, -0.05) is 0 Å². The van der Waals surface area contributed by atoms with E-state index in [9.17, 15) is 0 Å². The molecule has 0 bridgehead atoms. The lowest BCUT2D eigenvalue weighted by atomic mass is 10.2. The van der Waals surface area contributed by atoms with Crippen LogP contribution in [0.1, 0.15) is 37.1 Å². The van der Waals surface area contributed by atoms with Gasteiger partial charge < -0.3 is 5.32 Å². The fourth-order valence-electron chi connectivity index (χ4n) is 2.08. The zero-order valence-corrected chi connectivity index (χ0v) is 13.4. The van der Waals surface area contributed by atoms with Gasteiger partial charge in [-0.2, -0.15) is 0 Å². The Morgan fingerprint density at radius 2 is 2.21 bits per heavy atom. The molecule has 2 aromatic heterocycles. The van der Waals surface area contributed by atoms with E-state index in [4.69, 9.17) is 9.97 Å². The zero-order valence-electron chi connectivity index (χ0n) is 11.0. The van der Waals surface area contributed by atoms with Gasteiger partial charge in [-0.05, 0) is 54.1 Å². The molecule has 2 aromatic rings. The van der Waals surface area contributed by atoms with Crippen molar-refractivity contribution in [1.29, 1.82) is 0 Å². The molecule has 0 amide bonds. The zero-order chi connectivity index (χ0) is 13.4. The molecular formula is C14H16BrN3S. The minimum atomic E-state index is 0.565. The molecule has 0 radical (unpaired) electrons. The van der Waals surface area contributed by atoms with Crippen molar-refractivity contribution >= 4 is 33.1 Å². The van der Waals surface area contributed by atoms with Crippen molar-refractivity contribution in [2.75, 3.05) is 11.9 Å². The van der Waals surface area contributed by atoms with Gasteiger partial charge in [-0.15, -0.1) is 11.3 Å². The molecule has 0 spiro atoms. The molecule has 1 saturated carbocycles. The molecule has 100 valence electrons. The summed E-state index contributed by atoms with van der Waals surface area (Å²) in [6, 6.07) is 2.07. The highest BCUT2D eigenvalue weighted by molar-refractivity contribution is 9.10. The third-order valence-electron chi connectivity index (χ3n) is 3.28. The molecule has 19 heavy (non-hydrogen) atoms. The van der Waals surface area contributed by atoms with E-state index in [-0.39, 0.29) is 0 Å². The summed E-state index contributed by atoms with van der Waals surface area (Å²) in [6.45, 7) is 5.07. The van der Waals surface area contributed by atoms with Crippen molar-refractivity contribution in [3.05, 3.63) is 27.3 Å². The average Bonchev–Trinajstić information content (AvgIpc) is 3.15. The minimum Gasteiger partial charge on any atom is -0.370 e. The van der Waals surface area contributed by atoms with Gasteiger partial charge in [-0.25, -0.2) is 9.97 Å². The summed E-state index contributed by atoms with van der Waals surface area (Å²) in [6.07, 6.45) is 2.44. The number of hydrogen-bond donors (Lipinski definition) is 1. The molecule has 1 aliphatic carbocycles. The summed E-state index contributed by atoms with van der Waals surface area (Å²) in [5, 5.41) is 5.45. The first-order valence-corrected chi connectivity index (χ1v) is 8.23. The number of thiophene rings is 1. The molecule has 1 N–H and O–H groups in total. The Morgan fingerprint density at radius 1 is 1.42 bits per heavy atom. The number of nitrogens with zero attached hydrogens (tertiary/aromatic N) is 2. The smallest absolute Gasteiger partial charge is 0.134 e. The van der Waals surface area contributed by atoms with E-state index >= 15 is 0 Å². The number of aromatic nitrogens is 2. The van der Waals surface area contributed by atoms with Gasteiger partial charge in [0.15, 0.2) is 0 Å². The molecule has 1 fully saturated rings. The Balaban J connectivity index is 2.13. The standard InChI is InChI=1S/C14H16BrN3S/c1-3-16-13-8(2)11(12-10(15)6-7-19-12)17-14(18-13)9-4-5-9/h6-7,9H,3-5H2,1-2H3,(H,16,17,18). The van der Waals surface area contributed by atoms with Gasteiger partial charge in [0.1, 0.15) is 11.6 Å². The van der Waals surface area contributed by atoms with Crippen LogP contribution >= 0.6 is 27.3 Å². The highest BCUT2D eigenvalue weighted by atomic mass is 79.9. The predicted octanol–water partition coefficient (Wildman–Crippen LogP) is 4.59. The average molecular weight is 338 g/mol. The number of rotatable bonds is 4. The molecule has 3 nitrogen and oxygen atoms in total. The van der Waals surface area contributed by atoms with Crippen LogP contribution in [-0.4, -0.2) is 16.5 Å². The van der Waals surface area contributed by atoms with Gasteiger partial charge in [0, 0.05) is 22.5 Å². The van der Waals surface area contributed by atoms with E-state index in [0.29, 0.717) is 5.92 Å². The highest BCUT2D eigenvalue weighted by Crippen LogP contribution is 2.42. The molecule has 0 aromatic carbocycles.